The molecule has 0 aliphatic rings. The maximum absolute atomic E-state index is 4.57. The van der Waals surface area contributed by atoms with Crippen molar-refractivity contribution in [2.45, 2.75) is 39.8 Å². The summed E-state index contributed by atoms with van der Waals surface area (Å²) in [5.41, 5.74) is 2.99. The molecule has 2 heterocycles. The fourth-order valence-electron chi connectivity index (χ4n) is 1.68. The molecule has 0 bridgehead atoms. The minimum Gasteiger partial charge on any atom is -0.306 e. The summed E-state index contributed by atoms with van der Waals surface area (Å²) in [5.74, 6) is 0.686. The highest BCUT2D eigenvalue weighted by molar-refractivity contribution is 5.53. The Morgan fingerprint density at radius 1 is 1.11 bits per heavy atom. The van der Waals surface area contributed by atoms with Gasteiger partial charge in [-0.3, -0.25) is 4.98 Å². The van der Waals surface area contributed by atoms with Gasteiger partial charge in [0.25, 0.3) is 0 Å². The molecule has 0 aliphatic heterocycles. The first kappa shape index (κ1) is 13.6. The number of hydrogen-bond donors (Lipinski definition) is 1. The lowest BCUT2D eigenvalue weighted by molar-refractivity contribution is 0.421. The van der Waals surface area contributed by atoms with Gasteiger partial charge in [0, 0.05) is 24.5 Å². The Morgan fingerprint density at radius 3 is 2.58 bits per heavy atom. The minimum absolute atomic E-state index is 0.0754. The normalized spacial score (nSPS) is 11.6. The van der Waals surface area contributed by atoms with E-state index in [1.54, 1.807) is 12.4 Å². The zero-order chi connectivity index (χ0) is 13.9. The third kappa shape index (κ3) is 3.83. The van der Waals surface area contributed by atoms with Gasteiger partial charge in [0.2, 0.25) is 0 Å². The molecule has 0 aliphatic carbocycles. The van der Waals surface area contributed by atoms with Gasteiger partial charge in [0.15, 0.2) is 5.82 Å². The van der Waals surface area contributed by atoms with Crippen LogP contribution in [-0.4, -0.2) is 20.5 Å². The molecule has 1 N–H and O–H groups in total. The standard InChI is InChI=1S/C15H20N4/c1-11-6-5-8-16-13(11)14-17-9-7-12(19-14)10-18-15(2,3)4/h5-9,18H,10H2,1-4H3. The van der Waals surface area contributed by atoms with Gasteiger partial charge < -0.3 is 5.32 Å². The van der Waals surface area contributed by atoms with E-state index in [-0.39, 0.29) is 5.54 Å². The molecule has 0 fully saturated rings. The number of pyridine rings is 1. The maximum Gasteiger partial charge on any atom is 0.178 e. The molecule has 0 aromatic carbocycles. The van der Waals surface area contributed by atoms with Gasteiger partial charge in [0.1, 0.15) is 5.69 Å². The van der Waals surface area contributed by atoms with Crippen molar-refractivity contribution in [1.29, 1.82) is 0 Å². The van der Waals surface area contributed by atoms with Crippen molar-refractivity contribution in [1.82, 2.24) is 20.3 Å². The van der Waals surface area contributed by atoms with E-state index in [1.807, 2.05) is 25.1 Å². The quantitative estimate of drug-likeness (QED) is 0.917. The molecular formula is C15H20N4. The van der Waals surface area contributed by atoms with E-state index in [9.17, 15) is 0 Å². The van der Waals surface area contributed by atoms with E-state index in [0.717, 1.165) is 23.5 Å². The van der Waals surface area contributed by atoms with Crippen LogP contribution >= 0.6 is 0 Å². The second-order valence-corrected chi connectivity index (χ2v) is 5.64. The highest BCUT2D eigenvalue weighted by Gasteiger charge is 2.10. The van der Waals surface area contributed by atoms with E-state index >= 15 is 0 Å². The zero-order valence-electron chi connectivity index (χ0n) is 11.9. The Bertz CT molecular complexity index is 558. The predicted molar refractivity (Wildman–Crippen MR) is 76.6 cm³/mol. The van der Waals surface area contributed by atoms with Crippen LogP contribution in [0.3, 0.4) is 0 Å². The van der Waals surface area contributed by atoms with Crippen LogP contribution in [-0.2, 0) is 6.54 Å². The number of nitrogens with zero attached hydrogens (tertiary/aromatic N) is 3. The lowest BCUT2D eigenvalue weighted by atomic mass is 10.1. The molecule has 19 heavy (non-hydrogen) atoms. The van der Waals surface area contributed by atoms with Crippen LogP contribution in [0.4, 0.5) is 0 Å². The van der Waals surface area contributed by atoms with Gasteiger partial charge in [-0.1, -0.05) is 6.07 Å². The highest BCUT2D eigenvalue weighted by atomic mass is 15.0. The van der Waals surface area contributed by atoms with Crippen molar-refractivity contribution in [3.8, 4) is 11.5 Å². The summed E-state index contributed by atoms with van der Waals surface area (Å²) in [4.78, 5) is 13.2. The topological polar surface area (TPSA) is 50.7 Å². The molecule has 2 rings (SSSR count). The SMILES string of the molecule is Cc1cccnc1-c1nccc(CNC(C)(C)C)n1. The Hall–Kier alpha value is -1.81. The Morgan fingerprint density at radius 2 is 1.89 bits per heavy atom. The lowest BCUT2D eigenvalue weighted by Gasteiger charge is -2.20. The molecule has 2 aromatic rings. The Balaban J connectivity index is 2.23. The lowest BCUT2D eigenvalue weighted by Crippen LogP contribution is -2.35. The van der Waals surface area contributed by atoms with Crippen LogP contribution in [0.25, 0.3) is 11.5 Å². The highest BCUT2D eigenvalue weighted by Crippen LogP contribution is 2.16. The molecule has 0 unspecified atom stereocenters. The van der Waals surface area contributed by atoms with Gasteiger partial charge in [-0.05, 0) is 45.4 Å². The molecule has 0 saturated heterocycles. The zero-order valence-corrected chi connectivity index (χ0v) is 11.9. The van der Waals surface area contributed by atoms with Crippen LogP contribution < -0.4 is 5.32 Å². The number of rotatable bonds is 3. The van der Waals surface area contributed by atoms with Crippen molar-refractivity contribution >= 4 is 0 Å². The van der Waals surface area contributed by atoms with Gasteiger partial charge in [-0.25, -0.2) is 9.97 Å². The van der Waals surface area contributed by atoms with Crippen molar-refractivity contribution in [3.05, 3.63) is 41.9 Å². The van der Waals surface area contributed by atoms with Gasteiger partial charge >= 0.3 is 0 Å². The Labute approximate surface area is 114 Å². The Kier molecular flexibility index (Phi) is 3.90. The maximum atomic E-state index is 4.57. The molecule has 4 nitrogen and oxygen atoms in total. The second kappa shape index (κ2) is 5.45. The summed E-state index contributed by atoms with van der Waals surface area (Å²) in [5, 5.41) is 3.42. The molecule has 0 atom stereocenters. The fourth-order valence-corrected chi connectivity index (χ4v) is 1.68. The largest absolute Gasteiger partial charge is 0.306 e. The van der Waals surface area contributed by atoms with E-state index in [2.05, 4.69) is 41.0 Å². The monoisotopic (exact) mass is 256 g/mol. The summed E-state index contributed by atoms with van der Waals surface area (Å²) < 4.78 is 0. The number of nitrogens with one attached hydrogen (secondary N) is 1. The summed E-state index contributed by atoms with van der Waals surface area (Å²) in [6.07, 6.45) is 3.56. The third-order valence-corrected chi connectivity index (χ3v) is 2.73. The summed E-state index contributed by atoms with van der Waals surface area (Å²) in [7, 11) is 0. The van der Waals surface area contributed by atoms with Crippen LogP contribution in [0.15, 0.2) is 30.6 Å². The molecule has 0 amide bonds. The van der Waals surface area contributed by atoms with Crippen LogP contribution in [0.1, 0.15) is 32.0 Å². The van der Waals surface area contributed by atoms with E-state index in [0.29, 0.717) is 5.82 Å². The minimum atomic E-state index is 0.0754. The average Bonchev–Trinajstić information content (AvgIpc) is 2.36. The van der Waals surface area contributed by atoms with Crippen molar-refractivity contribution in [2.75, 3.05) is 0 Å². The summed E-state index contributed by atoms with van der Waals surface area (Å²) in [6, 6.07) is 5.87. The predicted octanol–water partition coefficient (Wildman–Crippen LogP) is 2.74. The smallest absolute Gasteiger partial charge is 0.178 e. The average molecular weight is 256 g/mol. The molecular weight excluding hydrogens is 236 g/mol. The summed E-state index contributed by atoms with van der Waals surface area (Å²) in [6.45, 7) is 9.16. The number of aryl methyl sites for hydroxylation is 1. The van der Waals surface area contributed by atoms with Crippen molar-refractivity contribution in [3.63, 3.8) is 0 Å². The second-order valence-electron chi connectivity index (χ2n) is 5.64. The molecule has 0 spiro atoms. The van der Waals surface area contributed by atoms with Crippen molar-refractivity contribution < 1.29 is 0 Å². The van der Waals surface area contributed by atoms with Gasteiger partial charge in [0.05, 0.1) is 5.69 Å². The fraction of sp³-hybridized carbons (Fsp3) is 0.400. The molecule has 2 aromatic heterocycles. The van der Waals surface area contributed by atoms with Crippen molar-refractivity contribution in [2.24, 2.45) is 0 Å². The molecule has 0 radical (unpaired) electrons. The molecule has 0 saturated carbocycles. The summed E-state index contributed by atoms with van der Waals surface area (Å²) >= 11 is 0. The first-order valence-electron chi connectivity index (χ1n) is 6.45. The van der Waals surface area contributed by atoms with E-state index in [1.165, 1.54) is 0 Å². The molecule has 100 valence electrons. The van der Waals surface area contributed by atoms with E-state index < -0.39 is 0 Å². The number of hydrogen-bond acceptors (Lipinski definition) is 4. The molecule has 4 heteroatoms. The first-order chi connectivity index (χ1) is 8.96. The van der Waals surface area contributed by atoms with Gasteiger partial charge in [-0.15, -0.1) is 0 Å². The van der Waals surface area contributed by atoms with Crippen LogP contribution in [0.2, 0.25) is 0 Å². The number of aromatic nitrogens is 3. The first-order valence-corrected chi connectivity index (χ1v) is 6.45. The van der Waals surface area contributed by atoms with Crippen LogP contribution in [0.5, 0.6) is 0 Å². The van der Waals surface area contributed by atoms with E-state index in [4.69, 9.17) is 0 Å². The van der Waals surface area contributed by atoms with Gasteiger partial charge in [-0.2, -0.15) is 0 Å². The van der Waals surface area contributed by atoms with Crippen LogP contribution in [0, 0.1) is 6.92 Å². The third-order valence-electron chi connectivity index (χ3n) is 2.73.